The summed E-state index contributed by atoms with van der Waals surface area (Å²) in [5.41, 5.74) is 3.14. The summed E-state index contributed by atoms with van der Waals surface area (Å²) in [6.07, 6.45) is 2.59. The molecule has 0 saturated heterocycles. The molecule has 2 aliphatic heterocycles. The van der Waals surface area contributed by atoms with E-state index in [1.807, 2.05) is 86.5 Å². The number of nitrogens with one attached hydrogen (secondary N) is 1. The highest BCUT2D eigenvalue weighted by Crippen LogP contribution is 2.45. The Kier molecular flexibility index (Phi) is 7.40. The number of carbonyl (C=O) groups excluding carboxylic acids is 2. The van der Waals surface area contributed by atoms with Crippen molar-refractivity contribution in [2.24, 2.45) is 4.99 Å². The minimum Gasteiger partial charge on any atom is -0.456 e. The summed E-state index contributed by atoms with van der Waals surface area (Å²) in [5.74, 6) is -0.492. The van der Waals surface area contributed by atoms with Crippen LogP contribution in [0.1, 0.15) is 51.4 Å². The minimum absolute atomic E-state index is 0.0917. The van der Waals surface area contributed by atoms with Gasteiger partial charge in [0.1, 0.15) is 5.60 Å². The molecule has 1 aromatic heterocycles. The van der Waals surface area contributed by atoms with Gasteiger partial charge in [-0.25, -0.2) is 9.79 Å². The first-order valence-corrected chi connectivity index (χ1v) is 12.5. The third kappa shape index (κ3) is 6.00. The highest BCUT2D eigenvalue weighted by Gasteiger charge is 2.41. The van der Waals surface area contributed by atoms with Gasteiger partial charge in [0.05, 0.1) is 23.7 Å². The molecule has 2 aliphatic rings. The fourth-order valence-corrected chi connectivity index (χ4v) is 4.98. The van der Waals surface area contributed by atoms with Crippen molar-refractivity contribution in [3.63, 3.8) is 0 Å². The number of thioether (sulfide) groups is 1. The predicted molar refractivity (Wildman–Crippen MR) is 138 cm³/mol. The Morgan fingerprint density at radius 1 is 1.11 bits per heavy atom. The van der Waals surface area contributed by atoms with E-state index in [0.717, 1.165) is 22.1 Å². The average Bonchev–Trinajstić information content (AvgIpc) is 3.20. The van der Waals surface area contributed by atoms with E-state index in [4.69, 9.17) is 9.73 Å². The van der Waals surface area contributed by atoms with E-state index in [0.29, 0.717) is 24.2 Å². The molecular weight excluding hydrogens is 460 g/mol. The fourth-order valence-electron chi connectivity index (χ4n) is 4.02. The summed E-state index contributed by atoms with van der Waals surface area (Å²) >= 11 is 1.46. The van der Waals surface area contributed by atoms with Crippen LogP contribution >= 0.6 is 11.8 Å². The zero-order valence-corrected chi connectivity index (χ0v) is 21.3. The standard InChI is InChI=1S/C27H30N4O3S/c1-18-23(25(33)34-27(2,3)4)24(19-10-6-5-7-11-19)31-21(17-35-26(31)30-18)16-22(32)29-15-13-20-12-8-9-14-28-20/h5-12,14,17,24H,13,15-16H2,1-4H3,(H,29,32)/t24-/m1/s1. The van der Waals surface area contributed by atoms with Crippen molar-refractivity contribution >= 4 is 28.8 Å². The zero-order chi connectivity index (χ0) is 25.0. The highest BCUT2D eigenvalue weighted by atomic mass is 32.2. The third-order valence-electron chi connectivity index (χ3n) is 5.51. The van der Waals surface area contributed by atoms with Gasteiger partial charge in [0.15, 0.2) is 5.17 Å². The number of aromatic nitrogens is 1. The number of rotatable bonds is 7. The van der Waals surface area contributed by atoms with Crippen LogP contribution in [0, 0.1) is 0 Å². The number of esters is 1. The number of benzene rings is 1. The Hall–Kier alpha value is -3.39. The molecule has 1 atom stereocenters. The molecule has 8 heteroatoms. The van der Waals surface area contributed by atoms with E-state index in [2.05, 4.69) is 10.3 Å². The third-order valence-corrected chi connectivity index (χ3v) is 6.39. The number of allylic oxidation sites excluding steroid dienone is 1. The second-order valence-electron chi connectivity index (χ2n) is 9.40. The number of fused-ring (bicyclic) bond motifs is 1. The van der Waals surface area contributed by atoms with Crippen molar-refractivity contribution in [3.05, 3.63) is 88.4 Å². The minimum atomic E-state index is -0.637. The molecule has 3 heterocycles. The molecule has 0 saturated carbocycles. The molecule has 0 aliphatic carbocycles. The molecule has 0 bridgehead atoms. The van der Waals surface area contributed by atoms with E-state index < -0.39 is 17.6 Å². The van der Waals surface area contributed by atoms with Crippen LogP contribution in [-0.4, -0.2) is 39.1 Å². The van der Waals surface area contributed by atoms with Crippen molar-refractivity contribution in [1.29, 1.82) is 0 Å². The number of hydrogen-bond acceptors (Lipinski definition) is 7. The molecule has 1 N–H and O–H groups in total. The van der Waals surface area contributed by atoms with Gasteiger partial charge < -0.3 is 15.0 Å². The van der Waals surface area contributed by atoms with Crippen molar-refractivity contribution in [2.45, 2.75) is 52.2 Å². The van der Waals surface area contributed by atoms with E-state index in [1.165, 1.54) is 11.8 Å². The molecule has 7 nitrogen and oxygen atoms in total. The van der Waals surface area contributed by atoms with Crippen LogP contribution in [0.2, 0.25) is 0 Å². The number of hydrogen-bond donors (Lipinski definition) is 1. The number of nitrogens with zero attached hydrogens (tertiary/aromatic N) is 3. The molecule has 2 aromatic rings. The topological polar surface area (TPSA) is 83.9 Å². The smallest absolute Gasteiger partial charge is 0.338 e. The summed E-state index contributed by atoms with van der Waals surface area (Å²) < 4.78 is 5.76. The lowest BCUT2D eigenvalue weighted by molar-refractivity contribution is -0.150. The number of amidine groups is 1. The fraction of sp³-hybridized carbons (Fsp3) is 0.333. The number of ether oxygens (including phenoxy) is 1. The lowest BCUT2D eigenvalue weighted by Gasteiger charge is -2.37. The molecule has 0 spiro atoms. The number of amides is 1. The van der Waals surface area contributed by atoms with Gasteiger partial charge in [-0.15, -0.1) is 0 Å². The normalized spacial score (nSPS) is 17.5. The van der Waals surface area contributed by atoms with Crippen molar-refractivity contribution in [3.8, 4) is 0 Å². The van der Waals surface area contributed by atoms with Gasteiger partial charge in [0.25, 0.3) is 0 Å². The molecule has 0 fully saturated rings. The van der Waals surface area contributed by atoms with Crippen LogP contribution in [0.25, 0.3) is 0 Å². The van der Waals surface area contributed by atoms with Crippen LogP contribution in [0.15, 0.2) is 82.1 Å². The average molecular weight is 491 g/mol. The molecule has 182 valence electrons. The molecular formula is C27H30N4O3S. The summed E-state index contributed by atoms with van der Waals surface area (Å²) in [6.45, 7) is 7.89. The number of pyridine rings is 1. The lowest BCUT2D eigenvalue weighted by atomic mass is 9.93. The summed E-state index contributed by atoms with van der Waals surface area (Å²) in [5, 5.41) is 5.68. The van der Waals surface area contributed by atoms with Crippen molar-refractivity contribution in [1.82, 2.24) is 15.2 Å². The maximum absolute atomic E-state index is 13.3. The summed E-state index contributed by atoms with van der Waals surface area (Å²) in [4.78, 5) is 37.1. The second kappa shape index (κ2) is 10.5. The van der Waals surface area contributed by atoms with Gasteiger partial charge in [-0.2, -0.15) is 0 Å². The molecule has 0 unspecified atom stereocenters. The van der Waals surface area contributed by atoms with Crippen LogP contribution in [0.3, 0.4) is 0 Å². The van der Waals surface area contributed by atoms with Gasteiger partial charge in [0, 0.05) is 30.6 Å². The molecule has 1 aromatic carbocycles. The van der Waals surface area contributed by atoms with Gasteiger partial charge in [0.2, 0.25) is 5.91 Å². The largest absolute Gasteiger partial charge is 0.456 e. The Labute approximate surface area is 210 Å². The Balaban J connectivity index is 1.55. The lowest BCUT2D eigenvalue weighted by Crippen LogP contribution is -2.39. The van der Waals surface area contributed by atoms with Crippen LogP contribution in [-0.2, 0) is 20.7 Å². The number of aliphatic imine (C=N–C) groups is 1. The van der Waals surface area contributed by atoms with Crippen molar-refractivity contribution in [2.75, 3.05) is 6.54 Å². The molecule has 1 amide bonds. The summed E-state index contributed by atoms with van der Waals surface area (Å²) in [6, 6.07) is 15.1. The van der Waals surface area contributed by atoms with Gasteiger partial charge in [-0.3, -0.25) is 9.78 Å². The monoisotopic (exact) mass is 490 g/mol. The zero-order valence-electron chi connectivity index (χ0n) is 20.4. The Bertz CT molecular complexity index is 1180. The van der Waals surface area contributed by atoms with E-state index in [1.54, 1.807) is 6.20 Å². The van der Waals surface area contributed by atoms with Gasteiger partial charge >= 0.3 is 5.97 Å². The highest BCUT2D eigenvalue weighted by molar-refractivity contribution is 8.16. The number of carbonyl (C=O) groups is 2. The van der Waals surface area contributed by atoms with Crippen LogP contribution in [0.4, 0.5) is 0 Å². The first-order chi connectivity index (χ1) is 16.7. The SMILES string of the molecule is CC1=C(C(=O)OC(C)(C)C)[C@@H](c2ccccc2)N2C(CC(=O)NCCc3ccccn3)=CSC2=N1. The van der Waals surface area contributed by atoms with Gasteiger partial charge in [-0.05, 0) is 50.8 Å². The quantitative estimate of drug-likeness (QED) is 0.564. The van der Waals surface area contributed by atoms with E-state index in [9.17, 15) is 9.59 Å². The molecule has 4 rings (SSSR count). The molecule has 35 heavy (non-hydrogen) atoms. The Morgan fingerprint density at radius 2 is 1.86 bits per heavy atom. The first kappa shape index (κ1) is 24.7. The first-order valence-electron chi connectivity index (χ1n) is 11.6. The van der Waals surface area contributed by atoms with Crippen molar-refractivity contribution < 1.29 is 14.3 Å². The predicted octanol–water partition coefficient (Wildman–Crippen LogP) is 4.75. The summed E-state index contributed by atoms with van der Waals surface area (Å²) in [7, 11) is 0. The maximum atomic E-state index is 13.3. The van der Waals surface area contributed by atoms with E-state index >= 15 is 0 Å². The second-order valence-corrected chi connectivity index (χ2v) is 10.2. The maximum Gasteiger partial charge on any atom is 0.338 e. The van der Waals surface area contributed by atoms with E-state index in [-0.39, 0.29) is 12.3 Å². The van der Waals surface area contributed by atoms with Crippen LogP contribution < -0.4 is 5.32 Å². The molecule has 0 radical (unpaired) electrons. The Morgan fingerprint density at radius 3 is 2.54 bits per heavy atom. The van der Waals surface area contributed by atoms with Crippen LogP contribution in [0.5, 0.6) is 0 Å². The van der Waals surface area contributed by atoms with Gasteiger partial charge in [-0.1, -0.05) is 48.2 Å².